The average molecular weight is 316 g/mol. The molecule has 4 heteroatoms. The molecule has 0 N–H and O–H groups in total. The molecule has 2 aromatic rings. The predicted molar refractivity (Wildman–Crippen MR) is 81.4 cm³/mol. The smallest absolute Gasteiger partial charge is 0.109 e. The van der Waals surface area contributed by atoms with Gasteiger partial charge in [-0.25, -0.2) is 0 Å². The molecule has 0 saturated heterocycles. The van der Waals surface area contributed by atoms with Crippen LogP contribution in [-0.2, 0) is 4.74 Å². The number of rotatable bonds is 5. The Hall–Kier alpha value is -0.730. The quantitative estimate of drug-likeness (QED) is 0.677. The molecular weight excluding hydrogens is 303 g/mol. The number of ether oxygens (including phenoxy) is 1. The highest BCUT2D eigenvalue weighted by atomic mass is 35.5. The minimum absolute atomic E-state index is 0.232. The van der Waals surface area contributed by atoms with Crippen molar-refractivity contribution >= 4 is 34.8 Å². The van der Waals surface area contributed by atoms with Crippen LogP contribution in [0.4, 0.5) is 0 Å². The van der Waals surface area contributed by atoms with Gasteiger partial charge in [0.05, 0.1) is 6.61 Å². The lowest BCUT2D eigenvalue weighted by Crippen LogP contribution is -2.08. The van der Waals surface area contributed by atoms with Gasteiger partial charge in [0.15, 0.2) is 0 Å². The average Bonchev–Trinajstić information content (AvgIpc) is 2.43. The summed E-state index contributed by atoms with van der Waals surface area (Å²) in [5, 5.41) is 1.37. The Balaban J connectivity index is 2.35. The van der Waals surface area contributed by atoms with Crippen molar-refractivity contribution in [3.63, 3.8) is 0 Å². The lowest BCUT2D eigenvalue weighted by atomic mass is 10.0. The van der Waals surface area contributed by atoms with Gasteiger partial charge in [-0.1, -0.05) is 53.5 Å². The fourth-order valence-corrected chi connectivity index (χ4v) is 2.30. The van der Waals surface area contributed by atoms with Gasteiger partial charge < -0.3 is 4.74 Å². The SMILES string of the molecule is ClCCOC(c1ccc(Cl)cc1)c1ccccc1Cl. The molecule has 0 radical (unpaired) electrons. The van der Waals surface area contributed by atoms with E-state index in [0.29, 0.717) is 22.5 Å². The van der Waals surface area contributed by atoms with Crippen LogP contribution in [-0.4, -0.2) is 12.5 Å². The van der Waals surface area contributed by atoms with Crippen molar-refractivity contribution in [2.24, 2.45) is 0 Å². The number of halogens is 3. The van der Waals surface area contributed by atoms with E-state index in [2.05, 4.69) is 0 Å². The second-order valence-corrected chi connectivity index (χ2v) is 5.23. The van der Waals surface area contributed by atoms with Crippen LogP contribution >= 0.6 is 34.8 Å². The summed E-state index contributed by atoms with van der Waals surface area (Å²) in [5.74, 6) is 0.439. The third-order valence-corrected chi connectivity index (χ3v) is 3.47. The molecule has 19 heavy (non-hydrogen) atoms. The summed E-state index contributed by atoms with van der Waals surface area (Å²) in [6, 6.07) is 15.2. The zero-order valence-corrected chi connectivity index (χ0v) is 12.4. The summed E-state index contributed by atoms with van der Waals surface area (Å²) >= 11 is 17.9. The highest BCUT2D eigenvalue weighted by Gasteiger charge is 2.17. The first-order valence-electron chi connectivity index (χ1n) is 5.90. The monoisotopic (exact) mass is 314 g/mol. The van der Waals surface area contributed by atoms with Gasteiger partial charge in [-0.3, -0.25) is 0 Å². The summed E-state index contributed by atoms with van der Waals surface area (Å²) in [6.45, 7) is 0.458. The van der Waals surface area contributed by atoms with Crippen molar-refractivity contribution in [3.8, 4) is 0 Å². The third-order valence-electron chi connectivity index (χ3n) is 2.72. The Kier molecular flexibility index (Phi) is 5.53. The van der Waals surface area contributed by atoms with Crippen LogP contribution in [0.2, 0.25) is 10.0 Å². The Labute approximate surface area is 128 Å². The fourth-order valence-electron chi connectivity index (χ4n) is 1.85. The van der Waals surface area contributed by atoms with Gasteiger partial charge in [0.25, 0.3) is 0 Å². The van der Waals surface area contributed by atoms with E-state index in [4.69, 9.17) is 39.5 Å². The minimum Gasteiger partial charge on any atom is -0.367 e. The summed E-state index contributed by atoms with van der Waals surface area (Å²) in [4.78, 5) is 0. The molecule has 2 aromatic carbocycles. The molecule has 2 rings (SSSR count). The van der Waals surface area contributed by atoms with E-state index >= 15 is 0 Å². The van der Waals surface area contributed by atoms with Crippen LogP contribution in [0.25, 0.3) is 0 Å². The Morgan fingerprint density at radius 2 is 1.63 bits per heavy atom. The van der Waals surface area contributed by atoms with Crippen LogP contribution in [0, 0.1) is 0 Å². The van der Waals surface area contributed by atoms with Crippen molar-refractivity contribution in [1.29, 1.82) is 0 Å². The van der Waals surface area contributed by atoms with Crippen LogP contribution < -0.4 is 0 Å². The number of benzene rings is 2. The molecule has 1 nitrogen and oxygen atoms in total. The maximum atomic E-state index is 6.24. The third kappa shape index (κ3) is 3.87. The van der Waals surface area contributed by atoms with Crippen LogP contribution in [0.5, 0.6) is 0 Å². The molecule has 0 bridgehead atoms. The van der Waals surface area contributed by atoms with Gasteiger partial charge in [0, 0.05) is 21.5 Å². The number of hydrogen-bond acceptors (Lipinski definition) is 1. The molecule has 0 saturated carbocycles. The van der Waals surface area contributed by atoms with Gasteiger partial charge in [0.1, 0.15) is 6.10 Å². The molecular formula is C15H13Cl3O. The van der Waals surface area contributed by atoms with Crippen LogP contribution in [0.1, 0.15) is 17.2 Å². The van der Waals surface area contributed by atoms with Gasteiger partial charge in [0.2, 0.25) is 0 Å². The molecule has 0 aliphatic heterocycles. The van der Waals surface area contributed by atoms with Crippen molar-refractivity contribution in [2.45, 2.75) is 6.10 Å². The first-order valence-corrected chi connectivity index (χ1v) is 7.19. The molecule has 100 valence electrons. The molecule has 1 unspecified atom stereocenters. The lowest BCUT2D eigenvalue weighted by molar-refractivity contribution is 0.0930. The molecule has 0 heterocycles. The second-order valence-electron chi connectivity index (χ2n) is 4.01. The first-order chi connectivity index (χ1) is 9.22. The fraction of sp³-hybridized carbons (Fsp3) is 0.200. The van der Waals surface area contributed by atoms with Gasteiger partial charge in [-0.05, 0) is 23.8 Å². The van der Waals surface area contributed by atoms with E-state index in [0.717, 1.165) is 11.1 Å². The van der Waals surface area contributed by atoms with E-state index in [9.17, 15) is 0 Å². The normalized spacial score (nSPS) is 12.4. The second kappa shape index (κ2) is 7.16. The number of alkyl halides is 1. The summed E-state index contributed by atoms with van der Waals surface area (Å²) in [5.41, 5.74) is 1.93. The zero-order valence-electron chi connectivity index (χ0n) is 10.2. The lowest BCUT2D eigenvalue weighted by Gasteiger charge is -2.19. The van der Waals surface area contributed by atoms with Gasteiger partial charge in [-0.15, -0.1) is 11.6 Å². The van der Waals surface area contributed by atoms with Crippen molar-refractivity contribution in [1.82, 2.24) is 0 Å². The highest BCUT2D eigenvalue weighted by molar-refractivity contribution is 6.31. The molecule has 0 spiro atoms. The number of hydrogen-bond donors (Lipinski definition) is 0. The van der Waals surface area contributed by atoms with E-state index in [1.54, 1.807) is 0 Å². The van der Waals surface area contributed by atoms with Crippen molar-refractivity contribution in [3.05, 3.63) is 69.7 Å². The molecule has 1 atom stereocenters. The summed E-state index contributed by atoms with van der Waals surface area (Å²) in [6.07, 6.45) is -0.232. The van der Waals surface area contributed by atoms with Crippen LogP contribution in [0.15, 0.2) is 48.5 Å². The minimum atomic E-state index is -0.232. The summed E-state index contributed by atoms with van der Waals surface area (Å²) in [7, 11) is 0. The van der Waals surface area contributed by atoms with Gasteiger partial charge >= 0.3 is 0 Å². The maximum Gasteiger partial charge on any atom is 0.109 e. The Morgan fingerprint density at radius 3 is 2.26 bits per heavy atom. The Bertz CT molecular complexity index is 525. The van der Waals surface area contributed by atoms with E-state index in [-0.39, 0.29) is 6.10 Å². The molecule has 0 fully saturated rings. The van der Waals surface area contributed by atoms with Crippen LogP contribution in [0.3, 0.4) is 0 Å². The molecule has 0 aliphatic rings. The van der Waals surface area contributed by atoms with E-state index < -0.39 is 0 Å². The largest absolute Gasteiger partial charge is 0.367 e. The van der Waals surface area contributed by atoms with Crippen molar-refractivity contribution < 1.29 is 4.74 Å². The standard InChI is InChI=1S/C15H13Cl3O/c16-9-10-19-15(11-5-7-12(17)8-6-11)13-3-1-2-4-14(13)18/h1-8,15H,9-10H2. The van der Waals surface area contributed by atoms with E-state index in [1.165, 1.54) is 0 Å². The summed E-state index contributed by atoms with van der Waals surface area (Å²) < 4.78 is 5.82. The first kappa shape index (κ1) is 14.7. The molecule has 0 aliphatic carbocycles. The van der Waals surface area contributed by atoms with Crippen molar-refractivity contribution in [2.75, 3.05) is 12.5 Å². The molecule has 0 aromatic heterocycles. The predicted octanol–water partition coefficient (Wildman–Crippen LogP) is 5.34. The highest BCUT2D eigenvalue weighted by Crippen LogP contribution is 2.31. The van der Waals surface area contributed by atoms with Gasteiger partial charge in [-0.2, -0.15) is 0 Å². The maximum absolute atomic E-state index is 6.24. The zero-order chi connectivity index (χ0) is 13.7. The Morgan fingerprint density at radius 1 is 0.947 bits per heavy atom. The molecule has 0 amide bonds. The van der Waals surface area contributed by atoms with E-state index in [1.807, 2.05) is 48.5 Å². The topological polar surface area (TPSA) is 9.23 Å².